The lowest BCUT2D eigenvalue weighted by molar-refractivity contribution is -0.125. The number of halogens is 1. The number of nitrogens with two attached hydrogens (primary N) is 1. The van der Waals surface area contributed by atoms with E-state index >= 15 is 0 Å². The molecule has 8 heteroatoms. The van der Waals surface area contributed by atoms with Gasteiger partial charge in [0.15, 0.2) is 0 Å². The molecular formula is C17H28ClN3O3S. The number of nitrogens with one attached hydrogen (secondary N) is 1. The van der Waals surface area contributed by atoms with Crippen molar-refractivity contribution in [3.63, 3.8) is 0 Å². The van der Waals surface area contributed by atoms with Crippen molar-refractivity contribution in [3.8, 4) is 0 Å². The van der Waals surface area contributed by atoms with Crippen LogP contribution in [0.25, 0.3) is 0 Å². The summed E-state index contributed by atoms with van der Waals surface area (Å²) in [6.45, 7) is 4.93. The number of carbonyl (C=O) groups excluding carboxylic acids is 1. The number of amides is 1. The molecule has 142 valence electrons. The van der Waals surface area contributed by atoms with E-state index < -0.39 is 10.0 Å². The summed E-state index contributed by atoms with van der Waals surface area (Å²) in [5.74, 6) is 0.0325. The number of benzene rings is 1. The van der Waals surface area contributed by atoms with Crippen LogP contribution in [0.4, 0.5) is 0 Å². The Morgan fingerprint density at radius 2 is 1.80 bits per heavy atom. The van der Waals surface area contributed by atoms with Crippen molar-refractivity contribution >= 4 is 28.3 Å². The second-order valence-corrected chi connectivity index (χ2v) is 8.16. The summed E-state index contributed by atoms with van der Waals surface area (Å²) in [5.41, 5.74) is 6.71. The maximum absolute atomic E-state index is 12.4. The van der Waals surface area contributed by atoms with Gasteiger partial charge in [-0.25, -0.2) is 8.42 Å². The minimum atomic E-state index is -3.44. The van der Waals surface area contributed by atoms with Crippen LogP contribution in [0.3, 0.4) is 0 Å². The summed E-state index contributed by atoms with van der Waals surface area (Å²) >= 11 is 0. The van der Waals surface area contributed by atoms with Crippen molar-refractivity contribution in [2.75, 3.05) is 13.1 Å². The molecule has 0 aromatic heterocycles. The number of rotatable bonds is 7. The summed E-state index contributed by atoms with van der Waals surface area (Å²) in [6, 6.07) is 6.82. The van der Waals surface area contributed by atoms with Gasteiger partial charge in [0.25, 0.3) is 0 Å². The molecule has 1 aromatic rings. The monoisotopic (exact) mass is 389 g/mol. The van der Waals surface area contributed by atoms with Crippen molar-refractivity contribution in [1.82, 2.24) is 9.62 Å². The number of nitrogens with zero attached hydrogens (tertiary/aromatic N) is 1. The van der Waals surface area contributed by atoms with E-state index in [0.717, 1.165) is 24.8 Å². The van der Waals surface area contributed by atoms with Crippen LogP contribution in [0.5, 0.6) is 0 Å². The molecular weight excluding hydrogens is 362 g/mol. The molecule has 6 nitrogen and oxygen atoms in total. The van der Waals surface area contributed by atoms with Gasteiger partial charge in [-0.05, 0) is 37.0 Å². The van der Waals surface area contributed by atoms with Gasteiger partial charge in [-0.1, -0.05) is 26.0 Å². The highest BCUT2D eigenvalue weighted by Crippen LogP contribution is 2.24. The van der Waals surface area contributed by atoms with E-state index in [1.807, 2.05) is 13.8 Å². The summed E-state index contributed by atoms with van der Waals surface area (Å²) < 4.78 is 26.3. The fourth-order valence-corrected chi connectivity index (χ4v) is 4.54. The highest BCUT2D eigenvalue weighted by Gasteiger charge is 2.27. The SMILES string of the molecule is CCN(CC)S(=O)(=O)c1ccc(CNC(=O)C2CCC(N)C2)cc1.Cl. The molecule has 0 aliphatic heterocycles. The lowest BCUT2D eigenvalue weighted by Crippen LogP contribution is -2.31. The highest BCUT2D eigenvalue weighted by atomic mass is 35.5. The van der Waals surface area contributed by atoms with E-state index in [0.29, 0.717) is 19.6 Å². The molecule has 0 saturated heterocycles. The maximum atomic E-state index is 12.4. The van der Waals surface area contributed by atoms with Gasteiger partial charge in [0.05, 0.1) is 4.90 Å². The van der Waals surface area contributed by atoms with Gasteiger partial charge in [0.2, 0.25) is 15.9 Å². The average molecular weight is 390 g/mol. The Labute approximate surface area is 156 Å². The quantitative estimate of drug-likeness (QED) is 0.744. The van der Waals surface area contributed by atoms with Gasteiger partial charge in [-0.3, -0.25) is 4.79 Å². The summed E-state index contributed by atoms with van der Waals surface area (Å²) in [5, 5.41) is 2.91. The predicted octanol–water partition coefficient (Wildman–Crippen LogP) is 1.88. The Bertz CT molecular complexity index is 660. The van der Waals surface area contributed by atoms with E-state index in [1.54, 1.807) is 24.3 Å². The van der Waals surface area contributed by atoms with Crippen LogP contribution in [-0.4, -0.2) is 37.8 Å². The second-order valence-electron chi connectivity index (χ2n) is 6.22. The Hall–Kier alpha value is -1.15. The zero-order chi connectivity index (χ0) is 17.7. The molecule has 1 aliphatic carbocycles. The molecule has 25 heavy (non-hydrogen) atoms. The molecule has 1 aromatic carbocycles. The van der Waals surface area contributed by atoms with Crippen LogP contribution >= 0.6 is 12.4 Å². The first-order valence-electron chi connectivity index (χ1n) is 8.50. The van der Waals surface area contributed by atoms with E-state index in [9.17, 15) is 13.2 Å². The molecule has 0 heterocycles. The molecule has 1 fully saturated rings. The van der Waals surface area contributed by atoms with Crippen LogP contribution < -0.4 is 11.1 Å². The first-order chi connectivity index (χ1) is 11.4. The van der Waals surface area contributed by atoms with E-state index in [-0.39, 0.29) is 35.2 Å². The Morgan fingerprint density at radius 1 is 1.20 bits per heavy atom. The predicted molar refractivity (Wildman–Crippen MR) is 101 cm³/mol. The number of hydrogen-bond acceptors (Lipinski definition) is 4. The van der Waals surface area contributed by atoms with Crippen molar-refractivity contribution < 1.29 is 13.2 Å². The smallest absolute Gasteiger partial charge is 0.243 e. The van der Waals surface area contributed by atoms with Crippen molar-refractivity contribution in [3.05, 3.63) is 29.8 Å². The minimum Gasteiger partial charge on any atom is -0.352 e. The van der Waals surface area contributed by atoms with Crippen molar-refractivity contribution in [1.29, 1.82) is 0 Å². The van der Waals surface area contributed by atoms with Gasteiger partial charge in [0.1, 0.15) is 0 Å². The molecule has 1 aliphatic rings. The van der Waals surface area contributed by atoms with Crippen molar-refractivity contribution in [2.45, 2.75) is 50.6 Å². The second kappa shape index (κ2) is 9.52. The molecule has 2 rings (SSSR count). The summed E-state index contributed by atoms with van der Waals surface area (Å²) in [4.78, 5) is 12.4. The fraction of sp³-hybridized carbons (Fsp3) is 0.588. The summed E-state index contributed by atoms with van der Waals surface area (Å²) in [6.07, 6.45) is 2.48. The highest BCUT2D eigenvalue weighted by molar-refractivity contribution is 7.89. The van der Waals surface area contributed by atoms with Gasteiger partial charge < -0.3 is 11.1 Å². The van der Waals surface area contributed by atoms with Gasteiger partial charge in [0, 0.05) is 31.6 Å². The third-order valence-corrected chi connectivity index (χ3v) is 6.64. The van der Waals surface area contributed by atoms with Crippen LogP contribution in [0.15, 0.2) is 29.2 Å². The molecule has 3 N–H and O–H groups in total. The van der Waals surface area contributed by atoms with Crippen LogP contribution in [-0.2, 0) is 21.4 Å². The fourth-order valence-electron chi connectivity index (χ4n) is 3.08. The standard InChI is InChI=1S/C17H27N3O3S.ClH/c1-3-20(4-2)24(22,23)16-9-5-13(6-10-16)12-19-17(21)14-7-8-15(18)11-14;/h5-6,9-10,14-15H,3-4,7-8,11-12,18H2,1-2H3,(H,19,21);1H. The Balaban J connectivity index is 0.00000312. The normalized spacial score (nSPS) is 20.3. The third kappa shape index (κ3) is 5.41. The number of sulfonamides is 1. The van der Waals surface area contributed by atoms with Crippen LogP contribution in [0.2, 0.25) is 0 Å². The molecule has 2 unspecified atom stereocenters. The van der Waals surface area contributed by atoms with Gasteiger partial charge in [-0.2, -0.15) is 4.31 Å². The average Bonchev–Trinajstić information content (AvgIpc) is 3.00. The third-order valence-electron chi connectivity index (χ3n) is 4.58. The molecule has 1 saturated carbocycles. The van der Waals surface area contributed by atoms with E-state index in [4.69, 9.17) is 5.73 Å². The minimum absolute atomic E-state index is 0. The molecule has 0 radical (unpaired) electrons. The van der Waals surface area contributed by atoms with Crippen LogP contribution in [0.1, 0.15) is 38.7 Å². The van der Waals surface area contributed by atoms with Crippen molar-refractivity contribution in [2.24, 2.45) is 11.7 Å². The molecule has 2 atom stereocenters. The van der Waals surface area contributed by atoms with E-state index in [1.165, 1.54) is 4.31 Å². The van der Waals surface area contributed by atoms with Gasteiger partial charge >= 0.3 is 0 Å². The van der Waals surface area contributed by atoms with Gasteiger partial charge in [-0.15, -0.1) is 12.4 Å². The Morgan fingerprint density at radius 3 is 2.28 bits per heavy atom. The molecule has 1 amide bonds. The zero-order valence-electron chi connectivity index (χ0n) is 14.8. The first kappa shape index (κ1) is 21.9. The maximum Gasteiger partial charge on any atom is 0.243 e. The number of carbonyl (C=O) groups is 1. The molecule has 0 spiro atoms. The largest absolute Gasteiger partial charge is 0.352 e. The van der Waals surface area contributed by atoms with Crippen LogP contribution in [0, 0.1) is 5.92 Å². The first-order valence-corrected chi connectivity index (χ1v) is 9.94. The zero-order valence-corrected chi connectivity index (χ0v) is 16.4. The number of hydrogen-bond donors (Lipinski definition) is 2. The Kier molecular flexibility index (Phi) is 8.34. The molecule has 0 bridgehead atoms. The summed E-state index contributed by atoms with van der Waals surface area (Å²) in [7, 11) is -3.44. The lowest BCUT2D eigenvalue weighted by Gasteiger charge is -2.18. The van der Waals surface area contributed by atoms with E-state index in [2.05, 4.69) is 5.32 Å². The lowest BCUT2D eigenvalue weighted by atomic mass is 10.1. The topological polar surface area (TPSA) is 92.5 Å².